The van der Waals surface area contributed by atoms with E-state index in [1.54, 1.807) is 26.0 Å². The van der Waals surface area contributed by atoms with E-state index in [9.17, 15) is 8.42 Å². The number of nitrogen functional groups attached to an aromatic ring is 1. The molecule has 0 spiro atoms. The highest BCUT2D eigenvalue weighted by molar-refractivity contribution is 7.89. The second kappa shape index (κ2) is 5.59. The molecule has 1 aromatic heterocycles. The average molecular weight is 296 g/mol. The largest absolute Gasteiger partial charge is 0.399 e. The Labute approximate surface area is 117 Å². The first-order valence-electron chi connectivity index (χ1n) is 6.03. The molecule has 8 heteroatoms. The van der Waals surface area contributed by atoms with Crippen molar-refractivity contribution >= 4 is 15.7 Å². The normalized spacial score (nSPS) is 11.7. The van der Waals surface area contributed by atoms with Crippen LogP contribution in [0.2, 0.25) is 0 Å². The maximum absolute atomic E-state index is 12.1. The van der Waals surface area contributed by atoms with E-state index in [2.05, 4.69) is 14.9 Å². The zero-order valence-electron chi connectivity index (χ0n) is 11.3. The molecule has 0 aliphatic rings. The second-order valence-corrected chi connectivity index (χ2v) is 6.22. The fraction of sp³-hybridized carbons (Fsp3) is 0.333. The summed E-state index contributed by atoms with van der Waals surface area (Å²) in [6.07, 6.45) is 0.359. The molecule has 108 valence electrons. The Bertz CT molecular complexity index is 689. The molecule has 7 nitrogen and oxygen atoms in total. The number of anilines is 1. The monoisotopic (exact) mass is 296 g/mol. The van der Waals surface area contributed by atoms with Gasteiger partial charge in [0, 0.05) is 25.6 Å². The molecule has 0 aliphatic carbocycles. The topological polar surface area (TPSA) is 111 Å². The van der Waals surface area contributed by atoms with Gasteiger partial charge in [-0.1, -0.05) is 5.16 Å². The van der Waals surface area contributed by atoms with Gasteiger partial charge in [-0.2, -0.15) is 4.98 Å². The van der Waals surface area contributed by atoms with Gasteiger partial charge in [-0.25, -0.2) is 13.1 Å². The van der Waals surface area contributed by atoms with E-state index < -0.39 is 10.0 Å². The minimum atomic E-state index is -3.58. The van der Waals surface area contributed by atoms with Crippen LogP contribution in [0.25, 0.3) is 0 Å². The third-order valence-corrected chi connectivity index (χ3v) is 4.03. The van der Waals surface area contributed by atoms with Crippen molar-refractivity contribution < 1.29 is 12.9 Å². The van der Waals surface area contributed by atoms with Gasteiger partial charge in [0.1, 0.15) is 0 Å². The molecule has 20 heavy (non-hydrogen) atoms. The molecule has 0 atom stereocenters. The lowest BCUT2D eigenvalue weighted by Gasteiger charge is -2.07. The van der Waals surface area contributed by atoms with Crippen molar-refractivity contribution in [1.29, 1.82) is 0 Å². The molecule has 0 radical (unpaired) electrons. The van der Waals surface area contributed by atoms with Gasteiger partial charge in [0.05, 0.1) is 4.90 Å². The van der Waals surface area contributed by atoms with Crippen molar-refractivity contribution in [3.05, 3.63) is 35.5 Å². The minimum Gasteiger partial charge on any atom is -0.399 e. The van der Waals surface area contributed by atoms with Crippen LogP contribution < -0.4 is 10.5 Å². The number of hydrogen-bond donors (Lipinski definition) is 2. The Balaban J connectivity index is 2.03. The van der Waals surface area contributed by atoms with E-state index >= 15 is 0 Å². The van der Waals surface area contributed by atoms with Crippen molar-refractivity contribution in [2.75, 3.05) is 12.3 Å². The molecule has 0 fully saturated rings. The Morgan fingerprint density at radius 2 is 2.05 bits per heavy atom. The van der Waals surface area contributed by atoms with Crippen LogP contribution in [0, 0.1) is 13.8 Å². The first kappa shape index (κ1) is 14.5. The molecule has 0 unspecified atom stereocenters. The molecule has 2 rings (SSSR count). The second-order valence-electron chi connectivity index (χ2n) is 4.46. The van der Waals surface area contributed by atoms with Gasteiger partial charge in [0.15, 0.2) is 5.82 Å². The average Bonchev–Trinajstić information content (AvgIpc) is 2.73. The van der Waals surface area contributed by atoms with Crippen molar-refractivity contribution in [2.45, 2.75) is 25.2 Å². The Morgan fingerprint density at radius 3 is 2.65 bits per heavy atom. The van der Waals surface area contributed by atoms with Crippen molar-refractivity contribution in [2.24, 2.45) is 0 Å². The summed E-state index contributed by atoms with van der Waals surface area (Å²) in [7, 11) is -3.58. The number of nitrogens with two attached hydrogens (primary N) is 1. The fourth-order valence-electron chi connectivity index (χ4n) is 1.76. The Kier molecular flexibility index (Phi) is 4.05. The highest BCUT2D eigenvalue weighted by atomic mass is 32.2. The number of nitrogens with zero attached hydrogens (tertiary/aromatic N) is 2. The van der Waals surface area contributed by atoms with Crippen molar-refractivity contribution in [1.82, 2.24) is 14.9 Å². The number of aryl methyl sites for hydroxylation is 2. The first-order chi connectivity index (χ1) is 9.37. The predicted molar refractivity (Wildman–Crippen MR) is 73.5 cm³/mol. The molecular weight excluding hydrogens is 280 g/mol. The summed E-state index contributed by atoms with van der Waals surface area (Å²) in [6.45, 7) is 3.66. The molecule has 0 bridgehead atoms. The summed E-state index contributed by atoms with van der Waals surface area (Å²) in [5, 5.41) is 3.70. The lowest BCUT2D eigenvalue weighted by atomic mass is 10.2. The van der Waals surface area contributed by atoms with Gasteiger partial charge in [0.25, 0.3) is 0 Å². The van der Waals surface area contributed by atoms with Crippen LogP contribution in [-0.4, -0.2) is 25.1 Å². The Hall–Kier alpha value is -1.93. The number of aromatic nitrogens is 2. The number of sulfonamides is 1. The Morgan fingerprint density at radius 1 is 1.30 bits per heavy atom. The molecule has 3 N–H and O–H groups in total. The van der Waals surface area contributed by atoms with E-state index in [1.807, 2.05) is 0 Å². The summed E-state index contributed by atoms with van der Waals surface area (Å²) in [4.78, 5) is 4.15. The number of rotatable bonds is 5. The molecule has 1 heterocycles. The third kappa shape index (κ3) is 3.55. The quantitative estimate of drug-likeness (QED) is 0.789. The van der Waals surface area contributed by atoms with Crippen LogP contribution in [0.5, 0.6) is 0 Å². The molecule has 1 aromatic carbocycles. The van der Waals surface area contributed by atoms with Crippen LogP contribution in [0.15, 0.2) is 27.6 Å². The van der Waals surface area contributed by atoms with Crippen molar-refractivity contribution in [3.8, 4) is 0 Å². The van der Waals surface area contributed by atoms with E-state index in [0.717, 1.165) is 5.56 Å². The lowest BCUT2D eigenvalue weighted by Crippen LogP contribution is -2.26. The van der Waals surface area contributed by atoms with Crippen LogP contribution in [0.3, 0.4) is 0 Å². The summed E-state index contributed by atoms with van der Waals surface area (Å²) >= 11 is 0. The maximum Gasteiger partial charge on any atom is 0.240 e. The highest BCUT2D eigenvalue weighted by Crippen LogP contribution is 2.15. The molecule has 0 saturated heterocycles. The van der Waals surface area contributed by atoms with Crippen molar-refractivity contribution in [3.63, 3.8) is 0 Å². The van der Waals surface area contributed by atoms with Gasteiger partial charge in [-0.3, -0.25) is 0 Å². The van der Waals surface area contributed by atoms with Gasteiger partial charge in [-0.15, -0.1) is 0 Å². The van der Waals surface area contributed by atoms with Gasteiger partial charge in [-0.05, 0) is 30.7 Å². The first-order valence-corrected chi connectivity index (χ1v) is 7.51. The molecule has 0 amide bonds. The van der Waals surface area contributed by atoms with Gasteiger partial charge >= 0.3 is 0 Å². The van der Waals surface area contributed by atoms with E-state index in [4.69, 9.17) is 10.3 Å². The maximum atomic E-state index is 12.1. The van der Waals surface area contributed by atoms with Gasteiger partial charge < -0.3 is 10.3 Å². The molecule has 2 aromatic rings. The fourth-order valence-corrected chi connectivity index (χ4v) is 2.92. The number of hydrogen-bond acceptors (Lipinski definition) is 6. The smallest absolute Gasteiger partial charge is 0.240 e. The van der Waals surface area contributed by atoms with E-state index in [-0.39, 0.29) is 11.4 Å². The zero-order chi connectivity index (χ0) is 14.8. The minimum absolute atomic E-state index is 0.152. The SMILES string of the molecule is Cc1cc(N)cc(S(=O)(=O)NCCc2noc(C)n2)c1. The summed E-state index contributed by atoms with van der Waals surface area (Å²) in [5.41, 5.74) is 6.86. The number of benzene rings is 1. The number of nitrogens with one attached hydrogen (secondary N) is 1. The van der Waals surface area contributed by atoms with E-state index in [1.165, 1.54) is 6.07 Å². The molecule has 0 saturated carbocycles. The van der Waals surface area contributed by atoms with Crippen LogP contribution >= 0.6 is 0 Å². The van der Waals surface area contributed by atoms with Gasteiger partial charge in [0.2, 0.25) is 15.9 Å². The standard InChI is InChI=1S/C12H16N4O3S/c1-8-5-10(13)7-11(6-8)20(17,18)14-4-3-12-15-9(2)19-16-12/h5-7,14H,3-4,13H2,1-2H3. The highest BCUT2D eigenvalue weighted by Gasteiger charge is 2.15. The summed E-state index contributed by atoms with van der Waals surface area (Å²) in [6, 6.07) is 4.70. The van der Waals surface area contributed by atoms with Crippen LogP contribution in [0.1, 0.15) is 17.3 Å². The third-order valence-electron chi connectivity index (χ3n) is 2.59. The van der Waals surface area contributed by atoms with Crippen LogP contribution in [0.4, 0.5) is 5.69 Å². The summed E-state index contributed by atoms with van der Waals surface area (Å²) in [5.74, 6) is 0.920. The zero-order valence-corrected chi connectivity index (χ0v) is 12.1. The summed E-state index contributed by atoms with van der Waals surface area (Å²) < 4.78 is 31.5. The molecular formula is C12H16N4O3S. The predicted octanol–water partition coefficient (Wildman–Crippen LogP) is 0.790. The lowest BCUT2D eigenvalue weighted by molar-refractivity contribution is 0.387. The van der Waals surface area contributed by atoms with Crippen LogP contribution in [-0.2, 0) is 16.4 Å². The van der Waals surface area contributed by atoms with E-state index in [0.29, 0.717) is 23.8 Å². The molecule has 0 aliphatic heterocycles.